The molecule has 2 rings (SSSR count). The monoisotopic (exact) mass is 370 g/mol. The Hall–Kier alpha value is -1.12. The summed E-state index contributed by atoms with van der Waals surface area (Å²) in [6, 6.07) is 11.5. The maximum Gasteiger partial charge on any atom is 0.121 e. The summed E-state index contributed by atoms with van der Waals surface area (Å²) in [7, 11) is 3.38. The molecule has 0 atom stereocenters. The van der Waals surface area contributed by atoms with E-state index in [1.807, 2.05) is 32.0 Å². The van der Waals surface area contributed by atoms with Gasteiger partial charge in [-0.1, -0.05) is 26.0 Å². The van der Waals surface area contributed by atoms with E-state index in [0.717, 1.165) is 39.3 Å². The maximum atomic E-state index is 5.36. The average Bonchev–Trinajstić information content (AvgIpc) is 2.46. The smallest absolute Gasteiger partial charge is 0.121 e. The van der Waals surface area contributed by atoms with Crippen molar-refractivity contribution < 1.29 is 42.2 Å². The van der Waals surface area contributed by atoms with Crippen LogP contribution < -0.4 is 9.47 Å². The van der Waals surface area contributed by atoms with E-state index in [1.54, 1.807) is 14.2 Å². The van der Waals surface area contributed by atoms with E-state index in [1.165, 1.54) is 0 Å². The minimum absolute atomic E-state index is 0. The number of hydrogen-bond donors (Lipinski definition) is 0. The van der Waals surface area contributed by atoms with Gasteiger partial charge < -0.3 is 9.47 Å². The second kappa shape index (κ2) is 8.50. The van der Waals surface area contributed by atoms with Crippen LogP contribution in [-0.2, 0) is 32.7 Å². The molecule has 0 heterocycles. The molecule has 3 heteroatoms. The second-order valence-corrected chi connectivity index (χ2v) is 5.11. The van der Waals surface area contributed by atoms with E-state index < -0.39 is 0 Å². The molecule has 0 saturated heterocycles. The zero-order valence-electron chi connectivity index (χ0n) is 13.9. The third kappa shape index (κ3) is 4.44. The van der Waals surface area contributed by atoms with Crippen molar-refractivity contribution in [3.8, 4) is 11.5 Å². The molecule has 1 radical (unpaired) electrons. The van der Waals surface area contributed by atoms with E-state index in [4.69, 9.17) is 9.47 Å². The molecule has 0 fully saturated rings. The van der Waals surface area contributed by atoms with Crippen LogP contribution in [0, 0.1) is 26.8 Å². The summed E-state index contributed by atoms with van der Waals surface area (Å²) in [6.45, 7) is 6.11. The molecule has 0 amide bonds. The minimum atomic E-state index is 0. The van der Waals surface area contributed by atoms with Crippen LogP contribution in [0.15, 0.2) is 24.3 Å². The maximum absolute atomic E-state index is 5.36. The fourth-order valence-electron chi connectivity index (χ4n) is 2.35. The van der Waals surface area contributed by atoms with Crippen LogP contribution in [0.3, 0.4) is 0 Å². The van der Waals surface area contributed by atoms with Crippen LogP contribution in [0.5, 0.6) is 11.5 Å². The normalized spacial score (nSPS) is 10.4. The Morgan fingerprint density at radius 2 is 1.55 bits per heavy atom. The van der Waals surface area contributed by atoms with E-state index in [9.17, 15) is 0 Å². The van der Waals surface area contributed by atoms with Gasteiger partial charge in [-0.2, -0.15) is 11.6 Å². The van der Waals surface area contributed by atoms with E-state index >= 15 is 0 Å². The summed E-state index contributed by atoms with van der Waals surface area (Å²) in [5, 5.41) is 0. The third-order valence-electron chi connectivity index (χ3n) is 3.56. The molecule has 0 N–H and O–H groups in total. The summed E-state index contributed by atoms with van der Waals surface area (Å²) in [4.78, 5) is 0. The summed E-state index contributed by atoms with van der Waals surface area (Å²) in [6.07, 6.45) is 4.19. The summed E-state index contributed by atoms with van der Waals surface area (Å²) >= 11 is 0. The molecular formula is C19H21O2Y-. The molecule has 2 aromatic rings. The van der Waals surface area contributed by atoms with Crippen LogP contribution in [0.25, 0.3) is 12.2 Å². The molecule has 22 heavy (non-hydrogen) atoms. The Balaban J connectivity index is 0.00000242. The standard InChI is InChI=1S/C19H21O2.Y/c1-13-10-14(2)19(21-5)12-17(13)8-6-16-7-9-18(20-4)15(3)11-16;/h6-9,11-12H,1-5H3;/q-1;/b8-6-;. The van der Waals surface area contributed by atoms with E-state index in [0.29, 0.717) is 0 Å². The second-order valence-electron chi connectivity index (χ2n) is 5.11. The van der Waals surface area contributed by atoms with Crippen LogP contribution in [0.2, 0.25) is 0 Å². The van der Waals surface area contributed by atoms with Gasteiger partial charge in [0.05, 0.1) is 14.2 Å². The van der Waals surface area contributed by atoms with Crippen molar-refractivity contribution in [2.75, 3.05) is 14.2 Å². The third-order valence-corrected chi connectivity index (χ3v) is 3.56. The van der Waals surface area contributed by atoms with Crippen LogP contribution in [-0.4, -0.2) is 14.2 Å². The van der Waals surface area contributed by atoms with Gasteiger partial charge in [-0.25, -0.2) is 0 Å². The molecule has 0 aliphatic rings. The summed E-state index contributed by atoms with van der Waals surface area (Å²) in [5.41, 5.74) is 5.55. The predicted octanol–water partition coefficient (Wildman–Crippen LogP) is 4.60. The number of ether oxygens (including phenoxy) is 2. The summed E-state index contributed by atoms with van der Waals surface area (Å²) in [5.74, 6) is 1.78. The number of methoxy groups -OCH3 is 2. The van der Waals surface area contributed by atoms with E-state index in [-0.39, 0.29) is 32.7 Å². The zero-order valence-corrected chi connectivity index (χ0v) is 16.7. The first kappa shape index (κ1) is 18.9. The first-order valence-corrected chi connectivity index (χ1v) is 6.95. The Morgan fingerprint density at radius 1 is 0.864 bits per heavy atom. The van der Waals surface area contributed by atoms with Gasteiger partial charge in [-0.15, -0.1) is 23.3 Å². The van der Waals surface area contributed by atoms with Gasteiger partial charge in [0, 0.05) is 38.5 Å². The Morgan fingerprint density at radius 3 is 2.14 bits per heavy atom. The van der Waals surface area contributed by atoms with Crippen molar-refractivity contribution >= 4 is 12.2 Å². The van der Waals surface area contributed by atoms with Crippen molar-refractivity contribution in [3.05, 3.63) is 58.1 Å². The van der Waals surface area contributed by atoms with Crippen molar-refractivity contribution in [3.63, 3.8) is 0 Å². The molecule has 2 nitrogen and oxygen atoms in total. The molecule has 113 valence electrons. The van der Waals surface area contributed by atoms with Crippen molar-refractivity contribution in [1.82, 2.24) is 0 Å². The predicted molar refractivity (Wildman–Crippen MR) is 88.0 cm³/mol. The summed E-state index contributed by atoms with van der Waals surface area (Å²) < 4.78 is 10.6. The van der Waals surface area contributed by atoms with Crippen LogP contribution >= 0.6 is 0 Å². The van der Waals surface area contributed by atoms with Crippen LogP contribution in [0.4, 0.5) is 0 Å². The topological polar surface area (TPSA) is 18.5 Å². The molecule has 0 unspecified atom stereocenters. The zero-order chi connectivity index (χ0) is 15.4. The SMILES string of the molecule is COc1cc(/C=C\c2ccc(OC)c(C)c2)c(C)[c-]c1C.[Y]. The van der Waals surface area contributed by atoms with Gasteiger partial charge >= 0.3 is 0 Å². The Labute approximate surface area is 158 Å². The minimum Gasteiger partial charge on any atom is -0.554 e. The first-order valence-electron chi connectivity index (χ1n) is 6.95. The molecule has 2 aromatic carbocycles. The van der Waals surface area contributed by atoms with Gasteiger partial charge in [-0.05, 0) is 30.2 Å². The molecular weight excluding hydrogens is 349 g/mol. The number of aryl methyl sites for hydroxylation is 3. The van der Waals surface area contributed by atoms with E-state index in [2.05, 4.69) is 31.2 Å². The fourth-order valence-corrected chi connectivity index (χ4v) is 2.35. The molecule has 0 aliphatic carbocycles. The Bertz CT molecular complexity index is 675. The van der Waals surface area contributed by atoms with Gasteiger partial charge in [-0.3, -0.25) is 0 Å². The molecule has 0 aliphatic heterocycles. The molecule has 0 bridgehead atoms. The van der Waals surface area contributed by atoms with Crippen molar-refractivity contribution in [2.24, 2.45) is 0 Å². The van der Waals surface area contributed by atoms with Crippen molar-refractivity contribution in [2.45, 2.75) is 20.8 Å². The number of hydrogen-bond acceptors (Lipinski definition) is 2. The molecule has 0 aromatic heterocycles. The van der Waals surface area contributed by atoms with Gasteiger partial charge in [0.2, 0.25) is 0 Å². The first-order chi connectivity index (χ1) is 10.0. The molecule has 0 spiro atoms. The van der Waals surface area contributed by atoms with Crippen LogP contribution in [0.1, 0.15) is 27.8 Å². The average molecular weight is 370 g/mol. The van der Waals surface area contributed by atoms with Gasteiger partial charge in [0.25, 0.3) is 0 Å². The van der Waals surface area contributed by atoms with Crippen molar-refractivity contribution in [1.29, 1.82) is 0 Å². The largest absolute Gasteiger partial charge is 0.554 e. The Kier molecular flexibility index (Phi) is 7.31. The fraction of sp³-hybridized carbons (Fsp3) is 0.263. The van der Waals surface area contributed by atoms with Gasteiger partial charge in [0.15, 0.2) is 0 Å². The molecule has 0 saturated carbocycles. The number of rotatable bonds is 4. The quantitative estimate of drug-likeness (QED) is 0.579. The van der Waals surface area contributed by atoms with Gasteiger partial charge in [0.1, 0.15) is 5.75 Å². The number of benzene rings is 2.